The number of hydrogen-bond acceptors (Lipinski definition) is 9. The van der Waals surface area contributed by atoms with Crippen LogP contribution in [-0.2, 0) is 34.0 Å². The summed E-state index contributed by atoms with van der Waals surface area (Å²) < 4.78 is 23.2. The largest absolute Gasteiger partial charge is 0.461 e. The van der Waals surface area contributed by atoms with E-state index in [-0.39, 0.29) is 34.5 Å². The van der Waals surface area contributed by atoms with E-state index < -0.39 is 22.8 Å². The number of benzene rings is 1. The summed E-state index contributed by atoms with van der Waals surface area (Å²) in [7, 11) is 1.58. The molecule has 5 rings (SSSR count). The van der Waals surface area contributed by atoms with E-state index in [1.54, 1.807) is 63.6 Å². The molecule has 0 aliphatic heterocycles. The Morgan fingerprint density at radius 2 is 1.77 bits per heavy atom. The van der Waals surface area contributed by atoms with Crippen LogP contribution < -0.4 is 16.4 Å². The molecule has 0 saturated heterocycles. The third kappa shape index (κ3) is 6.51. The molecule has 1 N–H and O–H groups in total. The number of nitriles is 1. The number of esters is 1. The van der Waals surface area contributed by atoms with E-state index in [2.05, 4.69) is 26.5 Å². The van der Waals surface area contributed by atoms with Crippen molar-refractivity contribution in [1.29, 1.82) is 5.26 Å². The summed E-state index contributed by atoms with van der Waals surface area (Å²) >= 11 is 0. The summed E-state index contributed by atoms with van der Waals surface area (Å²) in [5.41, 5.74) is 0.803. The highest BCUT2D eigenvalue weighted by Gasteiger charge is 2.23. The van der Waals surface area contributed by atoms with Gasteiger partial charge in [-0.25, -0.2) is 14.4 Å². The lowest BCUT2D eigenvalue weighted by atomic mass is 9.86. The fourth-order valence-electron chi connectivity index (χ4n) is 5.06. The molecule has 0 saturated carbocycles. The predicted molar refractivity (Wildman–Crippen MR) is 176 cm³/mol. The van der Waals surface area contributed by atoms with Gasteiger partial charge in [-0.2, -0.15) is 15.0 Å². The fraction of sp³-hybridized carbons (Fsp3) is 0.286. The van der Waals surface area contributed by atoms with Crippen LogP contribution in [0, 0.1) is 17.1 Å². The van der Waals surface area contributed by atoms with E-state index in [0.29, 0.717) is 33.5 Å². The molecular weight excluding hydrogens is 601 g/mol. The van der Waals surface area contributed by atoms with Gasteiger partial charge in [0.2, 0.25) is 0 Å². The molecule has 240 valence electrons. The smallest absolute Gasteiger partial charge is 0.302 e. The van der Waals surface area contributed by atoms with Crippen molar-refractivity contribution in [2.45, 2.75) is 59.0 Å². The van der Waals surface area contributed by atoms with Gasteiger partial charge in [-0.1, -0.05) is 26.8 Å². The summed E-state index contributed by atoms with van der Waals surface area (Å²) in [6.07, 6.45) is 6.03. The van der Waals surface area contributed by atoms with E-state index in [4.69, 9.17) is 4.74 Å². The van der Waals surface area contributed by atoms with Gasteiger partial charge in [0.1, 0.15) is 23.9 Å². The topological polar surface area (TPSA) is 145 Å². The predicted octanol–water partition coefficient (Wildman–Crippen LogP) is 5.59. The third-order valence-electron chi connectivity index (χ3n) is 7.88. The Hall–Kier alpha value is -5.70. The monoisotopic (exact) mass is 635 g/mol. The molecule has 1 aromatic carbocycles. The van der Waals surface area contributed by atoms with E-state index in [0.717, 1.165) is 10.2 Å². The summed E-state index contributed by atoms with van der Waals surface area (Å²) in [5, 5.41) is 17.0. The molecule has 0 radical (unpaired) electrons. The van der Waals surface area contributed by atoms with Crippen LogP contribution in [0.3, 0.4) is 0 Å². The molecule has 0 spiro atoms. The summed E-state index contributed by atoms with van der Waals surface area (Å²) in [5.74, 6) is -0.827. The maximum absolute atomic E-state index is 15.4. The maximum atomic E-state index is 15.4. The number of anilines is 2. The lowest BCUT2D eigenvalue weighted by Crippen LogP contribution is -2.25. The lowest BCUT2D eigenvalue weighted by molar-refractivity contribution is -0.142. The number of nitrogens with one attached hydrogen (secondary N) is 1. The van der Waals surface area contributed by atoms with Gasteiger partial charge in [-0.15, -0.1) is 0 Å². The number of rotatable bonds is 7. The molecule has 47 heavy (non-hydrogen) atoms. The number of carbonyl (C=O) groups is 1. The quantitative estimate of drug-likeness (QED) is 0.226. The Kier molecular flexibility index (Phi) is 8.51. The summed E-state index contributed by atoms with van der Waals surface area (Å²) in [6, 6.07) is 12.0. The van der Waals surface area contributed by atoms with Crippen LogP contribution in [-0.4, -0.2) is 30.3 Å². The molecular formula is C35H34FN7O4. The highest BCUT2D eigenvalue weighted by molar-refractivity contribution is 5.83. The minimum Gasteiger partial charge on any atom is -0.461 e. The van der Waals surface area contributed by atoms with Crippen LogP contribution in [0.2, 0.25) is 0 Å². The fourth-order valence-corrected chi connectivity index (χ4v) is 5.06. The molecule has 0 atom stereocenters. The van der Waals surface area contributed by atoms with E-state index >= 15 is 4.39 Å². The van der Waals surface area contributed by atoms with Gasteiger partial charge in [0, 0.05) is 49.1 Å². The summed E-state index contributed by atoms with van der Waals surface area (Å²) in [4.78, 5) is 47.6. The average Bonchev–Trinajstić information content (AvgIpc) is 3.01. The second-order valence-electron chi connectivity index (χ2n) is 12.8. The molecule has 4 heterocycles. The molecule has 0 bridgehead atoms. The number of pyridine rings is 3. The first-order chi connectivity index (χ1) is 22.1. The molecule has 0 aliphatic rings. The number of hydrogen-bond donors (Lipinski definition) is 1. The molecule has 5 aromatic rings. The maximum Gasteiger partial charge on any atom is 0.302 e. The highest BCUT2D eigenvalue weighted by Crippen LogP contribution is 2.31. The van der Waals surface area contributed by atoms with Gasteiger partial charge >= 0.3 is 5.97 Å². The molecule has 0 amide bonds. The zero-order chi connectivity index (χ0) is 34.3. The van der Waals surface area contributed by atoms with Crippen LogP contribution in [0.5, 0.6) is 0 Å². The van der Waals surface area contributed by atoms with Crippen LogP contribution >= 0.6 is 0 Å². The number of carbonyl (C=O) groups excluding carboxylic acids is 1. The second-order valence-corrected chi connectivity index (χ2v) is 12.8. The van der Waals surface area contributed by atoms with E-state index in [9.17, 15) is 19.6 Å². The first-order valence-electron chi connectivity index (χ1n) is 14.8. The van der Waals surface area contributed by atoms with E-state index in [1.165, 1.54) is 30.0 Å². The SMILES string of the molecule is CC(=O)OCc1c(-c2cc(Nc3ccc(C(C)(C)C#N)cn3)c(=O)n(C)c2)ccnc1-n1ncc2cc(C(C)(C)C)cc(F)c2c1=O. The lowest BCUT2D eigenvalue weighted by Gasteiger charge is -2.20. The molecule has 0 unspecified atom stereocenters. The van der Waals surface area contributed by atoms with Gasteiger partial charge in [-0.05, 0) is 66.3 Å². The van der Waals surface area contributed by atoms with Gasteiger partial charge in [0.05, 0.1) is 23.1 Å². The molecule has 0 fully saturated rings. The molecule has 12 heteroatoms. The van der Waals surface area contributed by atoms with Gasteiger partial charge < -0.3 is 14.6 Å². The van der Waals surface area contributed by atoms with Crippen molar-refractivity contribution in [2.75, 3.05) is 5.32 Å². The van der Waals surface area contributed by atoms with Crippen LogP contribution in [0.25, 0.3) is 27.7 Å². The number of aromatic nitrogens is 5. The molecule has 0 aliphatic carbocycles. The normalized spacial score (nSPS) is 11.7. The van der Waals surface area contributed by atoms with Crippen LogP contribution in [0.4, 0.5) is 15.9 Å². The zero-order valence-corrected chi connectivity index (χ0v) is 27.2. The van der Waals surface area contributed by atoms with Crippen LogP contribution in [0.15, 0.2) is 70.8 Å². The third-order valence-corrected chi connectivity index (χ3v) is 7.88. The Morgan fingerprint density at radius 3 is 2.40 bits per heavy atom. The van der Waals surface area contributed by atoms with Crippen molar-refractivity contribution in [3.63, 3.8) is 0 Å². The van der Waals surface area contributed by atoms with Crippen molar-refractivity contribution in [3.8, 4) is 23.0 Å². The first kappa shape index (κ1) is 32.7. The van der Waals surface area contributed by atoms with Crippen molar-refractivity contribution in [1.82, 2.24) is 24.3 Å². The van der Waals surface area contributed by atoms with Gasteiger partial charge in [0.25, 0.3) is 11.1 Å². The first-order valence-corrected chi connectivity index (χ1v) is 14.8. The Morgan fingerprint density at radius 1 is 1.02 bits per heavy atom. The minimum absolute atomic E-state index is 0.0377. The number of halogens is 1. The van der Waals surface area contributed by atoms with Gasteiger partial charge in [0.15, 0.2) is 5.82 Å². The minimum atomic E-state index is -0.734. The highest BCUT2D eigenvalue weighted by atomic mass is 19.1. The Bertz CT molecular complexity index is 2190. The summed E-state index contributed by atoms with van der Waals surface area (Å²) in [6.45, 7) is 10.4. The van der Waals surface area contributed by atoms with Crippen molar-refractivity contribution >= 4 is 28.2 Å². The van der Waals surface area contributed by atoms with Gasteiger partial charge in [-0.3, -0.25) is 14.4 Å². The number of fused-ring (bicyclic) bond motifs is 1. The second kappa shape index (κ2) is 12.2. The number of nitrogens with zero attached hydrogens (tertiary/aromatic N) is 6. The van der Waals surface area contributed by atoms with E-state index in [1.807, 2.05) is 20.8 Å². The van der Waals surface area contributed by atoms with Crippen molar-refractivity contribution in [3.05, 3.63) is 104 Å². The number of aryl methyl sites for hydroxylation is 1. The average molecular weight is 636 g/mol. The van der Waals surface area contributed by atoms with Crippen LogP contribution in [0.1, 0.15) is 58.2 Å². The number of ether oxygens (including phenoxy) is 1. The Balaban J connectivity index is 1.64. The molecule has 11 nitrogen and oxygen atoms in total. The standard InChI is InChI=1S/C35H34FN7O4/c1-20(44)47-18-26-25(22-13-28(32(45)42(7)17-22)41-29-9-8-23(16-39-29)35(5,6)19-37)10-11-38-31(26)43-33(46)30-21(15-40-43)12-24(14-27(30)36)34(2,3)4/h8-17H,18H2,1-7H3,(H,39,41). The zero-order valence-electron chi connectivity index (χ0n) is 27.2. The van der Waals surface area contributed by atoms with Crippen molar-refractivity contribution in [2.24, 2.45) is 7.05 Å². The molecule has 4 aromatic heterocycles. The Labute approximate surface area is 270 Å². The van der Waals surface area contributed by atoms with Crippen molar-refractivity contribution < 1.29 is 13.9 Å².